The Morgan fingerprint density at radius 3 is 2.10 bits per heavy atom. The second-order valence-corrected chi connectivity index (χ2v) is 8.86. The number of nitrogens with zero attached hydrogens (tertiary/aromatic N) is 7. The number of aromatic nitrogens is 6. The van der Waals surface area contributed by atoms with Crippen LogP contribution in [0.4, 0.5) is 10.1 Å². The lowest BCUT2D eigenvalue weighted by Crippen LogP contribution is -2.42. The first kappa shape index (κ1) is 26.1. The number of hydrogen-bond donors (Lipinski definition) is 0. The standard InChI is InChI=1S/C28H22FN7O4/c29-24-4-2-1-3-23(24)19-33-16-22(15-32-33)5-6-25-26(36(39)40)27(37)35(18-21-9-13-31-14-10-21)28(38)34(25)17-20-7-11-30-12-8-20/h1-16H,17-19H2. The zero-order valence-electron chi connectivity index (χ0n) is 21.0. The molecule has 0 radical (unpaired) electrons. The van der Waals surface area contributed by atoms with Crippen LogP contribution in [0, 0.1) is 15.9 Å². The molecule has 0 aliphatic rings. The van der Waals surface area contributed by atoms with Gasteiger partial charge in [0.15, 0.2) is 0 Å². The van der Waals surface area contributed by atoms with Crippen LogP contribution < -0.4 is 11.2 Å². The van der Waals surface area contributed by atoms with E-state index in [1.54, 1.807) is 61.1 Å². The van der Waals surface area contributed by atoms with Crippen LogP contribution in [-0.4, -0.2) is 33.8 Å². The van der Waals surface area contributed by atoms with Crippen LogP contribution in [0.15, 0.2) is 95.3 Å². The maximum absolute atomic E-state index is 14.1. The van der Waals surface area contributed by atoms with Gasteiger partial charge in [0.1, 0.15) is 11.5 Å². The number of hydrogen-bond acceptors (Lipinski definition) is 7. The number of nitro groups is 1. The van der Waals surface area contributed by atoms with Gasteiger partial charge >= 0.3 is 16.9 Å². The fourth-order valence-electron chi connectivity index (χ4n) is 4.20. The molecule has 0 unspecified atom stereocenters. The predicted molar refractivity (Wildman–Crippen MR) is 145 cm³/mol. The van der Waals surface area contributed by atoms with Crippen molar-refractivity contribution in [1.29, 1.82) is 0 Å². The van der Waals surface area contributed by atoms with E-state index in [1.807, 2.05) is 0 Å². The third-order valence-electron chi connectivity index (χ3n) is 6.18. The minimum absolute atomic E-state index is 0.0367. The number of rotatable bonds is 9. The molecule has 5 rings (SSSR count). The van der Waals surface area contributed by atoms with Crippen LogP contribution >= 0.6 is 0 Å². The molecule has 4 heterocycles. The van der Waals surface area contributed by atoms with Gasteiger partial charge in [0, 0.05) is 42.1 Å². The Morgan fingerprint density at radius 1 is 0.850 bits per heavy atom. The third-order valence-corrected chi connectivity index (χ3v) is 6.18. The summed E-state index contributed by atoms with van der Waals surface area (Å²) in [5.41, 5.74) is -0.401. The van der Waals surface area contributed by atoms with Crippen LogP contribution in [-0.2, 0) is 19.6 Å². The van der Waals surface area contributed by atoms with Gasteiger partial charge in [-0.2, -0.15) is 5.10 Å². The summed E-state index contributed by atoms with van der Waals surface area (Å²) in [5, 5.41) is 16.4. The first-order valence-corrected chi connectivity index (χ1v) is 12.1. The van der Waals surface area contributed by atoms with Crippen molar-refractivity contribution in [2.45, 2.75) is 19.6 Å². The molecule has 1 aromatic carbocycles. The lowest BCUT2D eigenvalue weighted by molar-refractivity contribution is -0.387. The van der Waals surface area contributed by atoms with E-state index in [2.05, 4.69) is 15.1 Å². The highest BCUT2D eigenvalue weighted by Crippen LogP contribution is 2.18. The fraction of sp³-hybridized carbons (Fsp3) is 0.107. The predicted octanol–water partition coefficient (Wildman–Crippen LogP) is 3.36. The highest BCUT2D eigenvalue weighted by Gasteiger charge is 2.26. The molecule has 0 saturated heterocycles. The molecule has 0 saturated carbocycles. The van der Waals surface area contributed by atoms with Crippen LogP contribution in [0.5, 0.6) is 0 Å². The highest BCUT2D eigenvalue weighted by atomic mass is 19.1. The monoisotopic (exact) mass is 539 g/mol. The maximum Gasteiger partial charge on any atom is 0.357 e. The smallest absolute Gasteiger partial charge is 0.283 e. The van der Waals surface area contributed by atoms with Gasteiger partial charge in [0.25, 0.3) is 0 Å². The molecule has 0 bridgehead atoms. The van der Waals surface area contributed by atoms with E-state index in [1.165, 1.54) is 46.1 Å². The van der Waals surface area contributed by atoms with Crippen molar-refractivity contribution in [2.24, 2.45) is 0 Å². The van der Waals surface area contributed by atoms with Crippen molar-refractivity contribution in [2.75, 3.05) is 0 Å². The van der Waals surface area contributed by atoms with Gasteiger partial charge < -0.3 is 0 Å². The highest BCUT2D eigenvalue weighted by molar-refractivity contribution is 5.71. The lowest BCUT2D eigenvalue weighted by Gasteiger charge is -2.14. The van der Waals surface area contributed by atoms with Gasteiger partial charge in [-0.05, 0) is 53.6 Å². The van der Waals surface area contributed by atoms with E-state index in [0.717, 1.165) is 4.57 Å². The first-order valence-electron chi connectivity index (χ1n) is 12.1. The molecule has 0 aliphatic carbocycles. The molecule has 4 aromatic heterocycles. The van der Waals surface area contributed by atoms with Gasteiger partial charge in [-0.15, -0.1) is 0 Å². The molecular formula is C28H22FN7O4. The molecule has 40 heavy (non-hydrogen) atoms. The molecule has 0 atom stereocenters. The zero-order valence-corrected chi connectivity index (χ0v) is 21.0. The van der Waals surface area contributed by atoms with E-state index < -0.39 is 21.9 Å². The van der Waals surface area contributed by atoms with Gasteiger partial charge in [-0.25, -0.2) is 13.8 Å². The normalized spacial score (nSPS) is 11.2. The van der Waals surface area contributed by atoms with Gasteiger partial charge in [0.2, 0.25) is 0 Å². The fourth-order valence-corrected chi connectivity index (χ4v) is 4.20. The largest absolute Gasteiger partial charge is 0.357 e. The summed E-state index contributed by atoms with van der Waals surface area (Å²) in [4.78, 5) is 46.2. The minimum atomic E-state index is -1.02. The molecule has 12 heteroatoms. The molecule has 0 aliphatic heterocycles. The van der Waals surface area contributed by atoms with E-state index in [4.69, 9.17) is 0 Å². The van der Waals surface area contributed by atoms with E-state index in [-0.39, 0.29) is 31.1 Å². The molecule has 0 amide bonds. The number of benzene rings is 1. The van der Waals surface area contributed by atoms with Crippen molar-refractivity contribution < 1.29 is 9.31 Å². The molecule has 0 N–H and O–H groups in total. The molecule has 5 aromatic rings. The summed E-state index contributed by atoms with van der Waals surface area (Å²) in [5.74, 6) is -0.363. The van der Waals surface area contributed by atoms with Crippen molar-refractivity contribution in [1.82, 2.24) is 28.9 Å². The second kappa shape index (κ2) is 11.5. The van der Waals surface area contributed by atoms with Gasteiger partial charge in [-0.1, -0.05) is 18.2 Å². The topological polar surface area (TPSA) is 131 Å². The second-order valence-electron chi connectivity index (χ2n) is 8.86. The molecule has 0 fully saturated rings. The summed E-state index contributed by atoms with van der Waals surface area (Å²) in [7, 11) is 0. The van der Waals surface area contributed by atoms with Crippen molar-refractivity contribution >= 4 is 17.8 Å². The molecule has 200 valence electrons. The van der Waals surface area contributed by atoms with Crippen LogP contribution in [0.3, 0.4) is 0 Å². The summed E-state index contributed by atoms with van der Waals surface area (Å²) in [6, 6.07) is 12.9. The number of halogens is 1. The Morgan fingerprint density at radius 2 is 1.48 bits per heavy atom. The lowest BCUT2D eigenvalue weighted by atomic mass is 10.2. The maximum atomic E-state index is 14.1. The Labute approximate surface area is 226 Å². The molecule has 0 spiro atoms. The summed E-state index contributed by atoms with van der Waals surface area (Å²) < 4.78 is 17.6. The van der Waals surface area contributed by atoms with Crippen LogP contribution in [0.25, 0.3) is 12.2 Å². The summed E-state index contributed by atoms with van der Waals surface area (Å²) in [6.07, 6.45) is 12.1. The van der Waals surface area contributed by atoms with Crippen LogP contribution in [0.2, 0.25) is 0 Å². The zero-order chi connectivity index (χ0) is 28.1. The third kappa shape index (κ3) is 5.65. The molecule has 11 nitrogen and oxygen atoms in total. The first-order chi connectivity index (χ1) is 19.4. The van der Waals surface area contributed by atoms with E-state index in [9.17, 15) is 24.1 Å². The molecular weight excluding hydrogens is 517 g/mol. The van der Waals surface area contributed by atoms with E-state index >= 15 is 0 Å². The SMILES string of the molecule is O=c1c([N+](=O)[O-])c(C=Cc2cnn(Cc3ccccc3F)c2)n(Cc2ccncc2)c(=O)n1Cc1ccncc1. The number of pyridine rings is 2. The Bertz CT molecular complexity index is 1810. The minimum Gasteiger partial charge on any atom is -0.283 e. The van der Waals surface area contributed by atoms with Gasteiger partial charge in [-0.3, -0.25) is 34.1 Å². The quantitative estimate of drug-likeness (QED) is 0.207. The van der Waals surface area contributed by atoms with Crippen molar-refractivity contribution in [3.05, 3.63) is 150 Å². The van der Waals surface area contributed by atoms with Crippen molar-refractivity contribution in [3.63, 3.8) is 0 Å². The van der Waals surface area contributed by atoms with Gasteiger partial charge in [0.05, 0.1) is 30.8 Å². The van der Waals surface area contributed by atoms with Crippen LogP contribution in [0.1, 0.15) is 27.9 Å². The average Bonchev–Trinajstić information content (AvgIpc) is 3.41. The Balaban J connectivity index is 1.59. The average molecular weight is 540 g/mol. The Kier molecular flexibility index (Phi) is 7.49. The summed E-state index contributed by atoms with van der Waals surface area (Å²) >= 11 is 0. The summed E-state index contributed by atoms with van der Waals surface area (Å²) in [6.45, 7) is -0.0202. The Hall–Kier alpha value is -5.52. The van der Waals surface area contributed by atoms with Crippen molar-refractivity contribution in [3.8, 4) is 0 Å². The van der Waals surface area contributed by atoms with E-state index in [0.29, 0.717) is 22.3 Å².